The molecule has 0 atom stereocenters. The molecule has 5 nitrogen and oxygen atoms in total. The maximum absolute atomic E-state index is 11.6. The SMILES string of the molecule is COC(=O)c1cc(NCCN2CCSCC2)ccc1N. The standard InChI is InChI=1S/C14H21N3O2S/c1-19-14(18)12-10-11(2-3-13(12)15)16-4-5-17-6-8-20-9-7-17/h2-3,10,16H,4-9,15H2,1H3. The molecule has 1 saturated heterocycles. The Labute approximate surface area is 123 Å². The van der Waals surface area contributed by atoms with Crippen LogP contribution in [0.5, 0.6) is 0 Å². The lowest BCUT2D eigenvalue weighted by Crippen LogP contribution is -2.36. The number of ether oxygens (including phenoxy) is 1. The van der Waals surface area contributed by atoms with Gasteiger partial charge in [0.05, 0.1) is 12.7 Å². The van der Waals surface area contributed by atoms with Crippen molar-refractivity contribution in [1.29, 1.82) is 0 Å². The molecule has 1 aromatic carbocycles. The van der Waals surface area contributed by atoms with Gasteiger partial charge in [0.25, 0.3) is 0 Å². The first-order valence-electron chi connectivity index (χ1n) is 6.72. The van der Waals surface area contributed by atoms with Crippen molar-refractivity contribution < 1.29 is 9.53 Å². The van der Waals surface area contributed by atoms with Gasteiger partial charge in [0.1, 0.15) is 0 Å². The van der Waals surface area contributed by atoms with Gasteiger partial charge < -0.3 is 15.8 Å². The summed E-state index contributed by atoms with van der Waals surface area (Å²) in [6, 6.07) is 5.35. The third-order valence-corrected chi connectivity index (χ3v) is 4.26. The lowest BCUT2D eigenvalue weighted by molar-refractivity contribution is 0.0602. The molecule has 1 fully saturated rings. The number of esters is 1. The van der Waals surface area contributed by atoms with Crippen molar-refractivity contribution in [3.8, 4) is 0 Å². The first kappa shape index (κ1) is 15.0. The van der Waals surface area contributed by atoms with Crippen LogP contribution in [0.1, 0.15) is 10.4 Å². The summed E-state index contributed by atoms with van der Waals surface area (Å²) in [6.07, 6.45) is 0. The number of carbonyl (C=O) groups is 1. The molecule has 1 heterocycles. The number of hydrogen-bond acceptors (Lipinski definition) is 6. The van der Waals surface area contributed by atoms with Crippen LogP contribution in [0, 0.1) is 0 Å². The topological polar surface area (TPSA) is 67.6 Å². The minimum Gasteiger partial charge on any atom is -0.465 e. The highest BCUT2D eigenvalue weighted by atomic mass is 32.2. The normalized spacial score (nSPS) is 15.8. The lowest BCUT2D eigenvalue weighted by Gasteiger charge is -2.26. The smallest absolute Gasteiger partial charge is 0.340 e. The summed E-state index contributed by atoms with van der Waals surface area (Å²) in [6.45, 7) is 4.18. The van der Waals surface area contributed by atoms with E-state index in [4.69, 9.17) is 10.5 Å². The van der Waals surface area contributed by atoms with E-state index in [0.717, 1.165) is 31.9 Å². The van der Waals surface area contributed by atoms with Gasteiger partial charge in [0.15, 0.2) is 0 Å². The fourth-order valence-corrected chi connectivity index (χ4v) is 3.11. The third kappa shape index (κ3) is 4.05. The van der Waals surface area contributed by atoms with Crippen molar-refractivity contribution in [2.24, 2.45) is 0 Å². The molecule has 0 aromatic heterocycles. The molecule has 0 bridgehead atoms. The van der Waals surface area contributed by atoms with Crippen molar-refractivity contribution in [1.82, 2.24) is 4.90 Å². The fraction of sp³-hybridized carbons (Fsp3) is 0.500. The zero-order valence-electron chi connectivity index (χ0n) is 11.7. The fourth-order valence-electron chi connectivity index (χ4n) is 2.14. The quantitative estimate of drug-likeness (QED) is 0.634. The first-order chi connectivity index (χ1) is 9.70. The van der Waals surface area contributed by atoms with Crippen molar-refractivity contribution in [3.05, 3.63) is 23.8 Å². The van der Waals surface area contributed by atoms with Gasteiger partial charge >= 0.3 is 5.97 Å². The van der Waals surface area contributed by atoms with Crippen LogP contribution in [0.15, 0.2) is 18.2 Å². The van der Waals surface area contributed by atoms with E-state index >= 15 is 0 Å². The Kier molecular flexibility index (Phi) is 5.55. The zero-order valence-corrected chi connectivity index (χ0v) is 12.5. The summed E-state index contributed by atoms with van der Waals surface area (Å²) < 4.78 is 4.71. The maximum atomic E-state index is 11.6. The number of nitrogens with zero attached hydrogens (tertiary/aromatic N) is 1. The molecule has 6 heteroatoms. The Hall–Kier alpha value is -1.40. The molecule has 1 aliphatic rings. The van der Waals surface area contributed by atoms with Crippen molar-refractivity contribution in [3.63, 3.8) is 0 Å². The molecule has 2 rings (SSSR count). The van der Waals surface area contributed by atoms with Crippen LogP contribution in [-0.4, -0.2) is 55.7 Å². The van der Waals surface area contributed by atoms with Gasteiger partial charge in [-0.15, -0.1) is 0 Å². The molecule has 3 N–H and O–H groups in total. The number of benzene rings is 1. The largest absolute Gasteiger partial charge is 0.465 e. The number of nitrogens with two attached hydrogens (primary N) is 1. The van der Waals surface area contributed by atoms with Crippen molar-refractivity contribution in [2.45, 2.75) is 0 Å². The van der Waals surface area contributed by atoms with E-state index in [1.54, 1.807) is 12.1 Å². The first-order valence-corrected chi connectivity index (χ1v) is 7.88. The molecule has 0 spiro atoms. The van der Waals surface area contributed by atoms with Crippen molar-refractivity contribution >= 4 is 29.1 Å². The van der Waals surface area contributed by atoms with E-state index in [2.05, 4.69) is 10.2 Å². The van der Waals surface area contributed by atoms with Gasteiger partial charge in [-0.2, -0.15) is 11.8 Å². The summed E-state index contributed by atoms with van der Waals surface area (Å²) in [5.41, 5.74) is 7.52. The summed E-state index contributed by atoms with van der Waals surface area (Å²) >= 11 is 2.01. The number of anilines is 2. The van der Waals surface area contributed by atoms with Crippen LogP contribution in [-0.2, 0) is 4.74 Å². The number of rotatable bonds is 5. The van der Waals surface area contributed by atoms with Gasteiger partial charge in [-0.1, -0.05) is 0 Å². The maximum Gasteiger partial charge on any atom is 0.340 e. The Balaban J connectivity index is 1.87. The second-order valence-corrected chi connectivity index (χ2v) is 5.90. The Bertz CT molecular complexity index is 462. The minimum atomic E-state index is -0.404. The minimum absolute atomic E-state index is 0.404. The van der Waals surface area contributed by atoms with Gasteiger partial charge in [-0.3, -0.25) is 4.90 Å². The number of nitrogen functional groups attached to an aromatic ring is 1. The second-order valence-electron chi connectivity index (χ2n) is 4.67. The van der Waals surface area contributed by atoms with E-state index in [0.29, 0.717) is 11.3 Å². The summed E-state index contributed by atoms with van der Waals surface area (Å²) in [5.74, 6) is 2.03. The van der Waals surface area contributed by atoms with Crippen LogP contribution in [0.3, 0.4) is 0 Å². The lowest BCUT2D eigenvalue weighted by atomic mass is 10.1. The number of thioether (sulfide) groups is 1. The Morgan fingerprint density at radius 3 is 2.90 bits per heavy atom. The summed E-state index contributed by atoms with van der Waals surface area (Å²) in [4.78, 5) is 14.0. The van der Waals surface area contributed by atoms with E-state index in [9.17, 15) is 4.79 Å². The molecule has 1 aromatic rings. The molecule has 1 aliphatic heterocycles. The van der Waals surface area contributed by atoms with E-state index in [-0.39, 0.29) is 0 Å². The third-order valence-electron chi connectivity index (χ3n) is 3.32. The van der Waals surface area contributed by atoms with E-state index in [1.165, 1.54) is 18.6 Å². The number of methoxy groups -OCH3 is 1. The highest BCUT2D eigenvalue weighted by molar-refractivity contribution is 7.99. The molecule has 0 amide bonds. The van der Waals surface area contributed by atoms with E-state index < -0.39 is 5.97 Å². The van der Waals surface area contributed by atoms with Gasteiger partial charge in [0.2, 0.25) is 0 Å². The average molecular weight is 295 g/mol. The summed E-state index contributed by atoms with van der Waals surface area (Å²) in [7, 11) is 1.36. The molecule has 0 saturated carbocycles. The molecule has 0 unspecified atom stereocenters. The molecule has 110 valence electrons. The van der Waals surface area contributed by atoms with Crippen LogP contribution in [0.25, 0.3) is 0 Å². The average Bonchev–Trinajstić information content (AvgIpc) is 2.49. The van der Waals surface area contributed by atoms with Gasteiger partial charge in [0, 0.05) is 49.1 Å². The number of nitrogens with one attached hydrogen (secondary N) is 1. The van der Waals surface area contributed by atoms with Gasteiger partial charge in [-0.05, 0) is 18.2 Å². The highest BCUT2D eigenvalue weighted by Gasteiger charge is 2.12. The zero-order chi connectivity index (χ0) is 14.4. The monoisotopic (exact) mass is 295 g/mol. The Morgan fingerprint density at radius 2 is 2.20 bits per heavy atom. The van der Waals surface area contributed by atoms with Crippen LogP contribution < -0.4 is 11.1 Å². The van der Waals surface area contributed by atoms with Gasteiger partial charge in [-0.25, -0.2) is 4.79 Å². The number of carbonyl (C=O) groups excluding carboxylic acids is 1. The highest BCUT2D eigenvalue weighted by Crippen LogP contribution is 2.18. The predicted molar refractivity (Wildman–Crippen MR) is 84.4 cm³/mol. The van der Waals surface area contributed by atoms with E-state index in [1.807, 2.05) is 17.8 Å². The van der Waals surface area contributed by atoms with Crippen LogP contribution >= 0.6 is 11.8 Å². The Morgan fingerprint density at radius 1 is 1.45 bits per heavy atom. The predicted octanol–water partition coefficient (Wildman–Crippen LogP) is 1.52. The molecule has 20 heavy (non-hydrogen) atoms. The number of hydrogen-bond donors (Lipinski definition) is 2. The molecular formula is C14H21N3O2S. The van der Waals surface area contributed by atoms with Crippen LogP contribution in [0.4, 0.5) is 11.4 Å². The molecular weight excluding hydrogens is 274 g/mol. The summed E-state index contributed by atoms with van der Waals surface area (Å²) in [5, 5.41) is 3.33. The van der Waals surface area contributed by atoms with Crippen molar-refractivity contribution in [2.75, 3.05) is 55.8 Å². The van der Waals surface area contributed by atoms with Crippen LogP contribution in [0.2, 0.25) is 0 Å². The molecule has 0 aliphatic carbocycles. The molecule has 0 radical (unpaired) electrons. The second kappa shape index (κ2) is 7.40.